The van der Waals surface area contributed by atoms with Gasteiger partial charge in [-0.3, -0.25) is 9.59 Å². The summed E-state index contributed by atoms with van der Waals surface area (Å²) >= 11 is 11.8. The van der Waals surface area contributed by atoms with Crippen molar-refractivity contribution in [3.63, 3.8) is 0 Å². The third-order valence-corrected chi connectivity index (χ3v) is 4.23. The quantitative estimate of drug-likeness (QED) is 0.933. The van der Waals surface area contributed by atoms with E-state index in [2.05, 4.69) is 0 Å². The van der Waals surface area contributed by atoms with E-state index in [0.29, 0.717) is 28.8 Å². The number of rotatable bonds is 3. The topological polar surface area (TPSA) is 62.5 Å². The summed E-state index contributed by atoms with van der Waals surface area (Å²) in [4.78, 5) is 24.8. The van der Waals surface area contributed by atoms with E-state index in [9.17, 15) is 9.59 Å². The summed E-state index contributed by atoms with van der Waals surface area (Å²) < 4.78 is 1.52. The third-order valence-electron chi connectivity index (χ3n) is 3.38. The summed E-state index contributed by atoms with van der Waals surface area (Å²) in [5.41, 5.74) is 0.382. The number of halogens is 2. The zero-order valence-corrected chi connectivity index (χ0v) is 11.9. The molecule has 1 aromatic heterocycles. The fraction of sp³-hybridized carbons (Fsp3) is 0.500. The molecule has 1 N–H and O–H groups in total. The number of carboxylic acids is 1. The van der Waals surface area contributed by atoms with Gasteiger partial charge in [-0.15, -0.1) is 0 Å². The van der Waals surface area contributed by atoms with Crippen LogP contribution in [-0.4, -0.2) is 39.0 Å². The Labute approximate surface area is 120 Å². The molecule has 1 saturated heterocycles. The summed E-state index contributed by atoms with van der Waals surface area (Å²) in [6, 6.07) is 1.26. The fourth-order valence-electron chi connectivity index (χ4n) is 2.41. The smallest absolute Gasteiger partial charge is 0.305 e. The van der Waals surface area contributed by atoms with Crippen molar-refractivity contribution in [1.82, 2.24) is 9.47 Å². The zero-order valence-electron chi connectivity index (χ0n) is 10.4. The monoisotopic (exact) mass is 304 g/mol. The molecule has 0 bridgehead atoms. The predicted molar refractivity (Wildman–Crippen MR) is 71.7 cm³/mol. The standard InChI is InChI=1S/C12H14Cl2N2O3/c1-15-9(6-8(13)11(15)14)12(19)16-4-2-3-7(16)5-10(17)18/h6-7H,2-5H2,1H3,(H,17,18). The fourth-order valence-corrected chi connectivity index (χ4v) is 2.79. The summed E-state index contributed by atoms with van der Waals surface area (Å²) in [5, 5.41) is 9.49. The van der Waals surface area contributed by atoms with Gasteiger partial charge in [-0.05, 0) is 18.9 Å². The van der Waals surface area contributed by atoms with Gasteiger partial charge in [-0.1, -0.05) is 23.2 Å². The van der Waals surface area contributed by atoms with E-state index >= 15 is 0 Å². The van der Waals surface area contributed by atoms with E-state index in [0.717, 1.165) is 6.42 Å². The van der Waals surface area contributed by atoms with Crippen LogP contribution >= 0.6 is 23.2 Å². The molecular formula is C12H14Cl2N2O3. The Morgan fingerprint density at radius 2 is 2.16 bits per heavy atom. The van der Waals surface area contributed by atoms with Gasteiger partial charge in [-0.25, -0.2) is 0 Å². The molecule has 0 aromatic carbocycles. The largest absolute Gasteiger partial charge is 0.481 e. The summed E-state index contributed by atoms with van der Waals surface area (Å²) in [5.74, 6) is -1.12. The summed E-state index contributed by atoms with van der Waals surface area (Å²) in [7, 11) is 1.66. The first-order valence-corrected chi connectivity index (χ1v) is 6.71. The lowest BCUT2D eigenvalue weighted by Crippen LogP contribution is -2.37. The maximum Gasteiger partial charge on any atom is 0.305 e. The SMILES string of the molecule is Cn1c(C(=O)N2CCCC2CC(=O)O)cc(Cl)c1Cl. The average molecular weight is 305 g/mol. The Kier molecular flexibility index (Phi) is 4.06. The third kappa shape index (κ3) is 2.72. The number of nitrogens with zero attached hydrogens (tertiary/aromatic N) is 2. The molecule has 7 heteroatoms. The molecular weight excluding hydrogens is 291 g/mol. The second kappa shape index (κ2) is 5.43. The molecule has 5 nitrogen and oxygen atoms in total. The van der Waals surface area contributed by atoms with Gasteiger partial charge >= 0.3 is 5.97 Å². The van der Waals surface area contributed by atoms with E-state index < -0.39 is 5.97 Å². The molecule has 0 radical (unpaired) electrons. The Morgan fingerprint density at radius 3 is 2.68 bits per heavy atom. The molecule has 0 aliphatic carbocycles. The van der Waals surface area contributed by atoms with Gasteiger partial charge in [0.25, 0.3) is 5.91 Å². The van der Waals surface area contributed by atoms with Gasteiger partial charge in [0.2, 0.25) is 0 Å². The van der Waals surface area contributed by atoms with Crippen molar-refractivity contribution in [3.8, 4) is 0 Å². The van der Waals surface area contributed by atoms with E-state index in [1.165, 1.54) is 10.6 Å². The lowest BCUT2D eigenvalue weighted by atomic mass is 10.1. The molecule has 1 aromatic rings. The van der Waals surface area contributed by atoms with Crippen molar-refractivity contribution >= 4 is 35.1 Å². The van der Waals surface area contributed by atoms with Crippen LogP contribution in [0.3, 0.4) is 0 Å². The van der Waals surface area contributed by atoms with Crippen LogP contribution < -0.4 is 0 Å². The van der Waals surface area contributed by atoms with Crippen LogP contribution in [0.1, 0.15) is 29.8 Å². The molecule has 19 heavy (non-hydrogen) atoms. The van der Waals surface area contributed by atoms with E-state index in [4.69, 9.17) is 28.3 Å². The van der Waals surface area contributed by atoms with Crippen LogP contribution in [0.2, 0.25) is 10.2 Å². The van der Waals surface area contributed by atoms with Gasteiger partial charge < -0.3 is 14.6 Å². The number of carbonyl (C=O) groups is 2. The number of amides is 1. The highest BCUT2D eigenvalue weighted by Gasteiger charge is 2.32. The van der Waals surface area contributed by atoms with E-state index in [-0.39, 0.29) is 18.4 Å². The molecule has 0 saturated carbocycles. The van der Waals surface area contributed by atoms with E-state index in [1.54, 1.807) is 11.9 Å². The van der Waals surface area contributed by atoms with Crippen molar-refractivity contribution in [1.29, 1.82) is 0 Å². The molecule has 2 heterocycles. The molecule has 104 valence electrons. The van der Waals surface area contributed by atoms with Crippen molar-refractivity contribution in [3.05, 3.63) is 21.9 Å². The highest BCUT2D eigenvalue weighted by Crippen LogP contribution is 2.28. The van der Waals surface area contributed by atoms with Crippen molar-refractivity contribution in [2.45, 2.75) is 25.3 Å². The first kappa shape index (κ1) is 14.2. The number of hydrogen-bond acceptors (Lipinski definition) is 2. The number of aliphatic carboxylic acids is 1. The Bertz CT molecular complexity index is 527. The summed E-state index contributed by atoms with van der Waals surface area (Å²) in [6.07, 6.45) is 1.50. The Hall–Kier alpha value is -1.20. The van der Waals surface area contributed by atoms with Gasteiger partial charge in [0.15, 0.2) is 0 Å². The van der Waals surface area contributed by atoms with Crippen LogP contribution in [0.25, 0.3) is 0 Å². The van der Waals surface area contributed by atoms with E-state index in [1.807, 2.05) is 0 Å². The Balaban J connectivity index is 2.23. The maximum absolute atomic E-state index is 12.4. The molecule has 1 fully saturated rings. The number of hydrogen-bond donors (Lipinski definition) is 1. The van der Waals surface area contributed by atoms with Gasteiger partial charge in [0.05, 0.1) is 11.4 Å². The predicted octanol–water partition coefficient (Wildman–Crippen LogP) is 2.41. The molecule has 1 unspecified atom stereocenters. The molecule has 1 atom stereocenters. The minimum atomic E-state index is -0.896. The first-order valence-electron chi connectivity index (χ1n) is 5.95. The van der Waals surface area contributed by atoms with Crippen LogP contribution in [0.5, 0.6) is 0 Å². The number of carboxylic acid groups (broad SMARTS) is 1. The molecule has 1 aliphatic rings. The van der Waals surface area contributed by atoms with Crippen molar-refractivity contribution in [2.24, 2.45) is 7.05 Å². The normalized spacial score (nSPS) is 18.9. The second-order valence-corrected chi connectivity index (χ2v) is 5.39. The highest BCUT2D eigenvalue weighted by molar-refractivity contribution is 6.41. The van der Waals surface area contributed by atoms with Crippen LogP contribution in [0.15, 0.2) is 6.07 Å². The molecule has 1 aliphatic heterocycles. The van der Waals surface area contributed by atoms with Gasteiger partial charge in [0.1, 0.15) is 10.8 Å². The maximum atomic E-state index is 12.4. The second-order valence-electron chi connectivity index (χ2n) is 4.62. The molecule has 2 rings (SSSR count). The van der Waals surface area contributed by atoms with Crippen molar-refractivity contribution in [2.75, 3.05) is 6.54 Å². The first-order chi connectivity index (χ1) is 8.91. The van der Waals surface area contributed by atoms with Crippen LogP contribution in [0, 0.1) is 0 Å². The van der Waals surface area contributed by atoms with Gasteiger partial charge in [0, 0.05) is 19.6 Å². The Morgan fingerprint density at radius 1 is 1.47 bits per heavy atom. The number of likely N-dealkylation sites (tertiary alicyclic amines) is 1. The lowest BCUT2D eigenvalue weighted by molar-refractivity contribution is -0.137. The van der Waals surface area contributed by atoms with Crippen LogP contribution in [-0.2, 0) is 11.8 Å². The molecule has 1 amide bonds. The minimum absolute atomic E-state index is 0.0301. The van der Waals surface area contributed by atoms with Crippen molar-refractivity contribution < 1.29 is 14.7 Å². The van der Waals surface area contributed by atoms with Crippen LogP contribution in [0.4, 0.5) is 0 Å². The minimum Gasteiger partial charge on any atom is -0.481 e. The zero-order chi connectivity index (χ0) is 14.2. The number of carbonyl (C=O) groups excluding carboxylic acids is 1. The molecule has 0 spiro atoms. The highest BCUT2D eigenvalue weighted by atomic mass is 35.5. The van der Waals surface area contributed by atoms with Gasteiger partial charge in [-0.2, -0.15) is 0 Å². The number of aromatic nitrogens is 1. The lowest BCUT2D eigenvalue weighted by Gasteiger charge is -2.23. The average Bonchev–Trinajstić information content (AvgIpc) is 2.88. The summed E-state index contributed by atoms with van der Waals surface area (Å²) in [6.45, 7) is 0.567.